The normalized spacial score (nSPS) is 15.3. The molecule has 1 fully saturated rings. The number of allylic oxidation sites excluding steroid dienone is 1. The first kappa shape index (κ1) is 22.2. The molecule has 1 aliphatic rings. The highest BCUT2D eigenvalue weighted by molar-refractivity contribution is 7.80. The Labute approximate surface area is 186 Å². The zero-order valence-corrected chi connectivity index (χ0v) is 18.5. The predicted molar refractivity (Wildman–Crippen MR) is 125 cm³/mol. The number of hydrogen-bond donors (Lipinski definition) is 2. The summed E-state index contributed by atoms with van der Waals surface area (Å²) in [4.78, 5) is 27.2. The van der Waals surface area contributed by atoms with Crippen molar-refractivity contribution in [1.29, 1.82) is 0 Å². The van der Waals surface area contributed by atoms with Crippen molar-refractivity contribution in [1.82, 2.24) is 5.32 Å². The highest BCUT2D eigenvalue weighted by Gasteiger charge is 2.35. The molecule has 0 spiro atoms. The molecular formula is C24H24N2O4S. The summed E-state index contributed by atoms with van der Waals surface area (Å²) in [5, 5.41) is 13.0. The van der Waals surface area contributed by atoms with Crippen LogP contribution >= 0.6 is 12.2 Å². The maximum atomic E-state index is 13.3. The molecule has 0 aliphatic carbocycles. The van der Waals surface area contributed by atoms with Crippen LogP contribution in [0.25, 0.3) is 6.08 Å². The van der Waals surface area contributed by atoms with Crippen LogP contribution in [0.4, 0.5) is 5.69 Å². The van der Waals surface area contributed by atoms with Crippen molar-refractivity contribution in [2.24, 2.45) is 0 Å². The summed E-state index contributed by atoms with van der Waals surface area (Å²) in [6.45, 7) is 9.71. The van der Waals surface area contributed by atoms with E-state index >= 15 is 0 Å². The third-order valence-electron chi connectivity index (χ3n) is 4.85. The lowest BCUT2D eigenvalue weighted by Gasteiger charge is -2.30. The maximum Gasteiger partial charge on any atom is 0.270 e. The van der Waals surface area contributed by atoms with Crippen molar-refractivity contribution in [3.8, 4) is 11.5 Å². The number of benzene rings is 2. The fourth-order valence-corrected chi connectivity index (χ4v) is 3.72. The van der Waals surface area contributed by atoms with E-state index in [2.05, 4.69) is 11.9 Å². The van der Waals surface area contributed by atoms with Crippen LogP contribution in [0.3, 0.4) is 0 Å². The lowest BCUT2D eigenvalue weighted by molar-refractivity contribution is -0.122. The van der Waals surface area contributed by atoms with Crippen LogP contribution < -0.4 is 15.0 Å². The number of amides is 2. The summed E-state index contributed by atoms with van der Waals surface area (Å²) < 4.78 is 5.51. The zero-order valence-electron chi connectivity index (χ0n) is 17.7. The summed E-state index contributed by atoms with van der Waals surface area (Å²) in [5.74, 6) is -0.801. The molecule has 2 amide bonds. The smallest absolute Gasteiger partial charge is 0.270 e. The van der Waals surface area contributed by atoms with E-state index in [9.17, 15) is 14.7 Å². The average Bonchev–Trinajstić information content (AvgIpc) is 2.70. The molecule has 0 unspecified atom stereocenters. The van der Waals surface area contributed by atoms with Gasteiger partial charge in [0, 0.05) is 5.56 Å². The Hall–Kier alpha value is -3.45. The van der Waals surface area contributed by atoms with Gasteiger partial charge in [-0.15, -0.1) is 6.58 Å². The summed E-state index contributed by atoms with van der Waals surface area (Å²) in [7, 11) is 0. The lowest BCUT2D eigenvalue weighted by atomic mass is 10.0. The fourth-order valence-electron chi connectivity index (χ4n) is 3.45. The van der Waals surface area contributed by atoms with E-state index < -0.39 is 11.8 Å². The van der Waals surface area contributed by atoms with Gasteiger partial charge in [-0.3, -0.25) is 19.8 Å². The minimum absolute atomic E-state index is 0.0152. The highest BCUT2D eigenvalue weighted by Crippen LogP contribution is 2.34. The number of nitrogens with one attached hydrogen (secondary N) is 1. The molecule has 31 heavy (non-hydrogen) atoms. The molecule has 1 heterocycles. The van der Waals surface area contributed by atoms with Crippen LogP contribution in [0.1, 0.15) is 29.2 Å². The van der Waals surface area contributed by atoms with E-state index in [0.29, 0.717) is 29.8 Å². The summed E-state index contributed by atoms with van der Waals surface area (Å²) in [5.41, 5.74) is 3.59. The molecule has 2 N–H and O–H groups in total. The predicted octanol–water partition coefficient (Wildman–Crippen LogP) is 3.97. The van der Waals surface area contributed by atoms with Gasteiger partial charge >= 0.3 is 0 Å². The van der Waals surface area contributed by atoms with Crippen LogP contribution in [-0.4, -0.2) is 28.6 Å². The molecule has 2 aromatic carbocycles. The van der Waals surface area contributed by atoms with Gasteiger partial charge in [0.05, 0.1) is 12.3 Å². The van der Waals surface area contributed by atoms with E-state index in [0.717, 1.165) is 11.1 Å². The fraction of sp³-hybridized carbons (Fsp3) is 0.208. The standard InChI is InChI=1S/C24H24N2O4S/c1-5-7-17-11-16(13-20(21(17)27)30-6-2)12-18-22(28)25-24(31)26(23(18)29)19-9-8-14(3)10-15(19)4/h5,8-13,27H,1,6-7H2,2-4H3,(H,25,28,31). The number of phenolic OH excluding ortho intramolecular Hbond substituents is 1. The minimum atomic E-state index is -0.577. The van der Waals surface area contributed by atoms with Crippen molar-refractivity contribution >= 4 is 40.9 Å². The van der Waals surface area contributed by atoms with Gasteiger partial charge in [-0.2, -0.15) is 0 Å². The Bertz CT molecular complexity index is 1120. The van der Waals surface area contributed by atoms with Gasteiger partial charge in [-0.1, -0.05) is 23.8 Å². The molecule has 1 aliphatic heterocycles. The quantitative estimate of drug-likeness (QED) is 0.310. The van der Waals surface area contributed by atoms with Crippen molar-refractivity contribution in [2.75, 3.05) is 11.5 Å². The van der Waals surface area contributed by atoms with Gasteiger partial charge < -0.3 is 9.84 Å². The van der Waals surface area contributed by atoms with Gasteiger partial charge in [-0.05, 0) is 74.8 Å². The number of anilines is 1. The topological polar surface area (TPSA) is 78.9 Å². The van der Waals surface area contributed by atoms with Gasteiger partial charge in [0.25, 0.3) is 11.8 Å². The Morgan fingerprint density at radius 2 is 1.97 bits per heavy atom. The monoisotopic (exact) mass is 436 g/mol. The third kappa shape index (κ3) is 4.51. The van der Waals surface area contributed by atoms with E-state index in [4.69, 9.17) is 17.0 Å². The molecule has 3 rings (SSSR count). The highest BCUT2D eigenvalue weighted by atomic mass is 32.1. The molecule has 0 bridgehead atoms. The largest absolute Gasteiger partial charge is 0.504 e. The number of ether oxygens (including phenoxy) is 1. The van der Waals surface area contributed by atoms with Crippen LogP contribution in [-0.2, 0) is 16.0 Å². The third-order valence-corrected chi connectivity index (χ3v) is 5.13. The molecule has 6 nitrogen and oxygen atoms in total. The number of thiocarbonyl (C=S) groups is 1. The molecule has 2 aromatic rings. The molecule has 7 heteroatoms. The Balaban J connectivity index is 2.08. The molecular weight excluding hydrogens is 412 g/mol. The van der Waals surface area contributed by atoms with Gasteiger partial charge in [0.15, 0.2) is 16.6 Å². The zero-order chi connectivity index (χ0) is 22.7. The molecule has 0 radical (unpaired) electrons. The number of aromatic hydroxyl groups is 1. The van der Waals surface area contributed by atoms with Crippen LogP contribution in [0.5, 0.6) is 11.5 Å². The van der Waals surface area contributed by atoms with Crippen LogP contribution in [0.2, 0.25) is 0 Å². The Morgan fingerprint density at radius 1 is 1.23 bits per heavy atom. The van der Waals surface area contributed by atoms with Crippen molar-refractivity contribution in [2.45, 2.75) is 27.2 Å². The molecule has 0 atom stereocenters. The number of hydrogen-bond acceptors (Lipinski definition) is 5. The van der Waals surface area contributed by atoms with Crippen LogP contribution in [0.15, 0.2) is 48.6 Å². The Kier molecular flexibility index (Phi) is 6.56. The van der Waals surface area contributed by atoms with Crippen molar-refractivity contribution in [3.63, 3.8) is 0 Å². The van der Waals surface area contributed by atoms with Crippen molar-refractivity contribution in [3.05, 3.63) is 70.8 Å². The second-order valence-corrected chi connectivity index (χ2v) is 7.59. The van der Waals surface area contributed by atoms with Gasteiger partial charge in [0.2, 0.25) is 0 Å². The van der Waals surface area contributed by atoms with E-state index in [1.165, 1.54) is 11.0 Å². The van der Waals surface area contributed by atoms with Crippen LogP contribution in [0, 0.1) is 13.8 Å². The number of aryl methyl sites for hydroxylation is 2. The molecule has 1 saturated heterocycles. The molecule has 0 aromatic heterocycles. The number of nitrogens with zero attached hydrogens (tertiary/aromatic N) is 1. The molecule has 160 valence electrons. The number of carbonyl (C=O) groups excluding carboxylic acids is 2. The summed E-state index contributed by atoms with van der Waals surface area (Å²) >= 11 is 5.28. The lowest BCUT2D eigenvalue weighted by Crippen LogP contribution is -2.54. The number of carbonyl (C=O) groups is 2. The first-order valence-electron chi connectivity index (χ1n) is 9.85. The summed E-state index contributed by atoms with van der Waals surface area (Å²) in [6, 6.07) is 8.92. The van der Waals surface area contributed by atoms with Gasteiger partial charge in [-0.25, -0.2) is 0 Å². The molecule has 0 saturated carbocycles. The SMILES string of the molecule is C=CCc1cc(C=C2C(=O)NC(=S)N(c3ccc(C)cc3C)C2=O)cc(OCC)c1O. The minimum Gasteiger partial charge on any atom is -0.504 e. The Morgan fingerprint density at radius 3 is 2.61 bits per heavy atom. The number of phenols is 1. The van der Waals surface area contributed by atoms with E-state index in [-0.39, 0.29) is 22.2 Å². The second kappa shape index (κ2) is 9.14. The first-order valence-corrected chi connectivity index (χ1v) is 10.3. The maximum absolute atomic E-state index is 13.3. The average molecular weight is 437 g/mol. The first-order chi connectivity index (χ1) is 14.8. The van der Waals surface area contributed by atoms with Crippen molar-refractivity contribution < 1.29 is 19.4 Å². The summed E-state index contributed by atoms with van der Waals surface area (Å²) in [6.07, 6.45) is 3.53. The van der Waals surface area contributed by atoms with E-state index in [1.54, 1.807) is 31.2 Å². The van der Waals surface area contributed by atoms with E-state index in [1.807, 2.05) is 26.0 Å². The number of rotatable bonds is 6. The van der Waals surface area contributed by atoms with Gasteiger partial charge in [0.1, 0.15) is 5.57 Å². The second-order valence-electron chi connectivity index (χ2n) is 7.20.